The van der Waals surface area contributed by atoms with Gasteiger partial charge in [-0.15, -0.1) is 0 Å². The summed E-state index contributed by atoms with van der Waals surface area (Å²) in [6, 6.07) is -5.08. The zero-order chi connectivity index (χ0) is 29.6. The van der Waals surface area contributed by atoms with Crippen molar-refractivity contribution in [1.29, 1.82) is 0 Å². The molecule has 1 saturated carbocycles. The zero-order valence-corrected chi connectivity index (χ0v) is 21.8. The number of nitrogens with two attached hydrogens (primary N) is 5. The molecule has 18 nitrogen and oxygen atoms in total. The number of nitrogens with one attached hydrogen (secondary N) is 1. The summed E-state index contributed by atoms with van der Waals surface area (Å²) in [5.41, 5.74) is 39.1. The average molecular weight is 576 g/mol. The topological polar surface area (TPSA) is 326 Å². The molecule has 228 valence electrons. The summed E-state index contributed by atoms with van der Waals surface area (Å²) < 4.78 is 23.5. The number of carbonyl (C=O) groups is 1. The van der Waals surface area contributed by atoms with Crippen molar-refractivity contribution in [2.75, 3.05) is 19.7 Å². The number of aliphatic hydroxyl groups excluding tert-OH is 4. The maximum absolute atomic E-state index is 12.7. The largest absolute Gasteiger partial charge is 0.394 e. The van der Waals surface area contributed by atoms with E-state index < -0.39 is 98.0 Å². The van der Waals surface area contributed by atoms with Gasteiger partial charge < -0.3 is 73.4 Å². The van der Waals surface area contributed by atoms with Gasteiger partial charge in [0.1, 0.15) is 24.4 Å². The first-order chi connectivity index (χ1) is 19.1. The fourth-order valence-corrected chi connectivity index (χ4v) is 4.94. The number of aliphatic hydroxyl groups is 4. The van der Waals surface area contributed by atoms with E-state index in [1.165, 1.54) is 0 Å². The lowest BCUT2D eigenvalue weighted by atomic mass is 9.82. The van der Waals surface area contributed by atoms with Gasteiger partial charge in [0.15, 0.2) is 12.6 Å². The summed E-state index contributed by atoms with van der Waals surface area (Å²) in [7, 11) is 0. The SMILES string of the molecule is [N-]=[N+]=NC1C(O[C@H]2OC(CN)C=CC2N)[C@@H](N)C[C@@H](NC(=O)[C@@H](O)CCN)[C@@H]1O[C@H]1OC(CO)[C@@H](O)[C@H](N)C1O. The van der Waals surface area contributed by atoms with Gasteiger partial charge in [0.05, 0.1) is 49.1 Å². The minimum absolute atomic E-state index is 0.00704. The molecule has 2 heterocycles. The van der Waals surface area contributed by atoms with Crippen LogP contribution in [-0.4, -0.2) is 132 Å². The summed E-state index contributed by atoms with van der Waals surface area (Å²) in [4.78, 5) is 15.6. The van der Waals surface area contributed by atoms with E-state index in [4.69, 9.17) is 47.6 Å². The molecule has 18 heteroatoms. The zero-order valence-electron chi connectivity index (χ0n) is 21.8. The van der Waals surface area contributed by atoms with Crippen LogP contribution in [0.4, 0.5) is 0 Å². The van der Waals surface area contributed by atoms with Crippen LogP contribution in [0.5, 0.6) is 0 Å². The van der Waals surface area contributed by atoms with E-state index in [1.807, 2.05) is 0 Å². The maximum atomic E-state index is 12.7. The fourth-order valence-electron chi connectivity index (χ4n) is 4.94. The normalized spacial score (nSPS) is 42.6. The molecule has 0 bridgehead atoms. The number of rotatable bonds is 11. The summed E-state index contributed by atoms with van der Waals surface area (Å²) >= 11 is 0. The molecule has 0 aromatic carbocycles. The van der Waals surface area contributed by atoms with Gasteiger partial charge in [-0.05, 0) is 24.9 Å². The van der Waals surface area contributed by atoms with Crippen LogP contribution in [-0.2, 0) is 23.7 Å². The molecule has 1 saturated heterocycles. The minimum atomic E-state index is -1.58. The molecule has 2 aliphatic heterocycles. The van der Waals surface area contributed by atoms with Gasteiger partial charge in [0.2, 0.25) is 5.91 Å². The molecule has 14 atom stereocenters. The van der Waals surface area contributed by atoms with Crippen molar-refractivity contribution in [3.8, 4) is 0 Å². The lowest BCUT2D eigenvalue weighted by molar-refractivity contribution is -0.300. The Morgan fingerprint density at radius 1 is 1.12 bits per heavy atom. The lowest BCUT2D eigenvalue weighted by Gasteiger charge is -2.48. The Bertz CT molecular complexity index is 911. The summed E-state index contributed by atoms with van der Waals surface area (Å²) in [5.74, 6) is -0.783. The lowest BCUT2D eigenvalue weighted by Crippen LogP contribution is -2.68. The molecule has 0 spiro atoms. The predicted octanol–water partition coefficient (Wildman–Crippen LogP) is -5.31. The van der Waals surface area contributed by atoms with Crippen LogP contribution in [0.1, 0.15) is 12.8 Å². The van der Waals surface area contributed by atoms with E-state index in [-0.39, 0.29) is 25.9 Å². The second-order valence-corrected chi connectivity index (χ2v) is 10.0. The fraction of sp³-hybridized carbons (Fsp3) is 0.864. The van der Waals surface area contributed by atoms with Crippen LogP contribution < -0.4 is 34.0 Å². The van der Waals surface area contributed by atoms with E-state index in [1.54, 1.807) is 12.2 Å². The molecule has 0 aromatic heterocycles. The smallest absolute Gasteiger partial charge is 0.249 e. The van der Waals surface area contributed by atoms with E-state index in [2.05, 4.69) is 15.3 Å². The molecule has 3 rings (SSSR count). The standard InChI is InChI=1S/C22H41N9O9/c23-4-3-12(33)20(36)29-11-5-10(26)18(39-21-9(25)2-1-8(6-24)37-21)15(30-31-28)19(11)40-22-17(35)14(27)16(34)13(7-32)38-22/h1-2,8-19,21-22,32-35H,3-7,23-27H2,(H,29,36)/t8?,9?,10-,11+,12-,13?,14-,15?,16+,17?,18?,19-,21+,22+/m0/s1. The number of ether oxygens (including phenoxy) is 4. The van der Waals surface area contributed by atoms with E-state index in [0.29, 0.717) is 0 Å². The molecule has 15 N–H and O–H groups in total. The quantitative estimate of drug-likeness (QED) is 0.0476. The van der Waals surface area contributed by atoms with Crippen molar-refractivity contribution in [3.05, 3.63) is 22.6 Å². The second-order valence-electron chi connectivity index (χ2n) is 10.0. The molecule has 1 amide bonds. The van der Waals surface area contributed by atoms with Crippen LogP contribution in [0.15, 0.2) is 17.3 Å². The number of nitrogens with zero attached hydrogens (tertiary/aromatic N) is 3. The van der Waals surface area contributed by atoms with Crippen LogP contribution in [0, 0.1) is 0 Å². The van der Waals surface area contributed by atoms with Gasteiger partial charge >= 0.3 is 0 Å². The molecule has 2 fully saturated rings. The van der Waals surface area contributed by atoms with Gasteiger partial charge in [-0.2, -0.15) is 0 Å². The molecule has 3 aliphatic rings. The highest BCUT2D eigenvalue weighted by molar-refractivity contribution is 5.80. The third kappa shape index (κ3) is 7.44. The van der Waals surface area contributed by atoms with Crippen molar-refractivity contribution in [2.45, 2.75) is 98.4 Å². The van der Waals surface area contributed by atoms with E-state index in [9.17, 15) is 30.8 Å². The average Bonchev–Trinajstić information content (AvgIpc) is 2.93. The van der Waals surface area contributed by atoms with E-state index >= 15 is 0 Å². The Kier molecular flexibility index (Phi) is 12.0. The monoisotopic (exact) mass is 575 g/mol. The number of carbonyl (C=O) groups excluding carboxylic acids is 1. The second kappa shape index (κ2) is 14.8. The summed E-state index contributed by atoms with van der Waals surface area (Å²) in [6.07, 6.45) is -7.69. The first-order valence-electron chi connectivity index (χ1n) is 13.0. The number of amides is 1. The third-order valence-corrected chi connectivity index (χ3v) is 7.20. The molecule has 0 radical (unpaired) electrons. The van der Waals surface area contributed by atoms with Crippen molar-refractivity contribution >= 4 is 5.91 Å². The Balaban J connectivity index is 1.93. The van der Waals surface area contributed by atoms with Gasteiger partial charge in [-0.25, -0.2) is 0 Å². The molecular weight excluding hydrogens is 534 g/mol. The van der Waals surface area contributed by atoms with Gasteiger partial charge in [0, 0.05) is 17.5 Å². The number of azide groups is 1. The van der Waals surface area contributed by atoms with Crippen molar-refractivity contribution in [2.24, 2.45) is 33.8 Å². The van der Waals surface area contributed by atoms with E-state index in [0.717, 1.165) is 0 Å². The molecule has 1 aliphatic carbocycles. The predicted molar refractivity (Wildman–Crippen MR) is 137 cm³/mol. The van der Waals surface area contributed by atoms with Gasteiger partial charge in [0.25, 0.3) is 0 Å². The Morgan fingerprint density at radius 2 is 1.82 bits per heavy atom. The molecule has 40 heavy (non-hydrogen) atoms. The highest BCUT2D eigenvalue weighted by atomic mass is 16.7. The molecular formula is C22H41N9O9. The number of hydrogen-bond acceptors (Lipinski definition) is 15. The molecule has 0 aromatic rings. The first-order valence-corrected chi connectivity index (χ1v) is 13.0. The van der Waals surface area contributed by atoms with Crippen LogP contribution >= 0.6 is 0 Å². The Hall–Kier alpha value is -2.00. The van der Waals surface area contributed by atoms with Crippen molar-refractivity contribution < 1.29 is 44.2 Å². The highest BCUT2D eigenvalue weighted by Crippen LogP contribution is 2.32. The van der Waals surface area contributed by atoms with Gasteiger partial charge in [-0.3, -0.25) is 4.79 Å². The van der Waals surface area contributed by atoms with Crippen LogP contribution in [0.2, 0.25) is 0 Å². The summed E-state index contributed by atoms with van der Waals surface area (Å²) in [5, 5.41) is 47.1. The minimum Gasteiger partial charge on any atom is -0.394 e. The number of hydrogen-bond donors (Lipinski definition) is 10. The Labute approximate surface area is 230 Å². The first kappa shape index (κ1) is 32.5. The highest BCUT2D eigenvalue weighted by Gasteiger charge is 2.51. The van der Waals surface area contributed by atoms with Crippen molar-refractivity contribution in [1.82, 2.24) is 5.32 Å². The van der Waals surface area contributed by atoms with Gasteiger partial charge in [-0.1, -0.05) is 17.3 Å². The van der Waals surface area contributed by atoms with Crippen LogP contribution in [0.25, 0.3) is 10.4 Å². The van der Waals surface area contributed by atoms with Crippen molar-refractivity contribution in [3.63, 3.8) is 0 Å². The molecule has 6 unspecified atom stereocenters. The maximum Gasteiger partial charge on any atom is 0.249 e. The Morgan fingerprint density at radius 3 is 2.45 bits per heavy atom. The summed E-state index contributed by atoms with van der Waals surface area (Å²) in [6.45, 7) is -0.443. The third-order valence-electron chi connectivity index (χ3n) is 7.20. The van der Waals surface area contributed by atoms with Crippen LogP contribution in [0.3, 0.4) is 0 Å².